The molecule has 4 N–H and O–H groups in total. The van der Waals surface area contributed by atoms with E-state index in [9.17, 15) is 0 Å². The fourth-order valence-corrected chi connectivity index (χ4v) is 3.15. The second-order valence-electron chi connectivity index (χ2n) is 6.39. The van der Waals surface area contributed by atoms with Gasteiger partial charge in [0.25, 0.3) is 0 Å². The van der Waals surface area contributed by atoms with E-state index in [0.717, 1.165) is 56.0 Å². The summed E-state index contributed by atoms with van der Waals surface area (Å²) in [6.45, 7) is 0. The third-order valence-electron chi connectivity index (χ3n) is 4.55. The van der Waals surface area contributed by atoms with Crippen molar-refractivity contribution in [2.24, 2.45) is 0 Å². The molecule has 4 nitrogen and oxygen atoms in total. The molecule has 0 aliphatic heterocycles. The zero-order valence-corrected chi connectivity index (χ0v) is 13.9. The number of fused-ring (bicyclic) bond motifs is 2. The van der Waals surface area contributed by atoms with Crippen LogP contribution in [0.5, 0.6) is 0 Å². The fourth-order valence-electron chi connectivity index (χ4n) is 3.15. The van der Waals surface area contributed by atoms with E-state index in [-0.39, 0.29) is 0 Å². The Morgan fingerprint density at radius 1 is 0.500 bits per heavy atom. The van der Waals surface area contributed by atoms with Crippen LogP contribution in [0.1, 0.15) is 0 Å². The van der Waals surface area contributed by atoms with Crippen LogP contribution in [0.15, 0.2) is 81.6 Å². The van der Waals surface area contributed by atoms with E-state index in [4.69, 9.17) is 20.3 Å². The van der Waals surface area contributed by atoms with Gasteiger partial charge in [-0.15, -0.1) is 0 Å². The van der Waals surface area contributed by atoms with Crippen molar-refractivity contribution in [2.75, 3.05) is 11.5 Å². The summed E-state index contributed by atoms with van der Waals surface area (Å²) in [5, 5.41) is 2.00. The minimum atomic E-state index is 0.734. The molecule has 0 atom stereocenters. The summed E-state index contributed by atoms with van der Waals surface area (Å²) in [6.07, 6.45) is 0. The van der Waals surface area contributed by atoms with Gasteiger partial charge in [-0.05, 0) is 72.8 Å². The minimum Gasteiger partial charge on any atom is -0.456 e. The van der Waals surface area contributed by atoms with Gasteiger partial charge in [-0.2, -0.15) is 0 Å². The highest BCUT2D eigenvalue weighted by Gasteiger charge is 2.11. The zero-order chi connectivity index (χ0) is 17.7. The molecular weight excluding hydrogens is 324 g/mol. The first-order valence-corrected chi connectivity index (χ1v) is 8.35. The molecule has 126 valence electrons. The van der Waals surface area contributed by atoms with Gasteiger partial charge in [-0.25, -0.2) is 0 Å². The van der Waals surface area contributed by atoms with Crippen LogP contribution in [-0.2, 0) is 0 Å². The monoisotopic (exact) mass is 340 g/mol. The lowest BCUT2D eigenvalue weighted by Gasteiger charge is -1.96. The second kappa shape index (κ2) is 5.43. The van der Waals surface area contributed by atoms with Gasteiger partial charge < -0.3 is 20.3 Å². The predicted octanol–water partition coefficient (Wildman–Crippen LogP) is 5.68. The van der Waals surface area contributed by atoms with E-state index in [2.05, 4.69) is 0 Å². The van der Waals surface area contributed by atoms with Gasteiger partial charge in [0, 0.05) is 33.3 Å². The lowest BCUT2D eigenvalue weighted by Crippen LogP contribution is -1.82. The smallest absolute Gasteiger partial charge is 0.135 e. The lowest BCUT2D eigenvalue weighted by atomic mass is 10.1. The fraction of sp³-hybridized carbons (Fsp3) is 0. The largest absolute Gasteiger partial charge is 0.456 e. The molecule has 2 aromatic heterocycles. The molecule has 0 saturated carbocycles. The Morgan fingerprint density at radius 2 is 0.885 bits per heavy atom. The number of nitrogens with two attached hydrogens (primary N) is 2. The Kier molecular flexibility index (Phi) is 3.06. The summed E-state index contributed by atoms with van der Waals surface area (Å²) in [6, 6.07) is 23.4. The van der Waals surface area contributed by atoms with E-state index in [1.54, 1.807) is 0 Å². The number of benzene rings is 3. The summed E-state index contributed by atoms with van der Waals surface area (Å²) in [7, 11) is 0. The van der Waals surface area contributed by atoms with Crippen molar-refractivity contribution in [1.82, 2.24) is 0 Å². The first-order chi connectivity index (χ1) is 12.7. The maximum Gasteiger partial charge on any atom is 0.135 e. The normalized spacial score (nSPS) is 11.4. The molecule has 3 aromatic carbocycles. The highest BCUT2D eigenvalue weighted by molar-refractivity contribution is 5.96. The Hall–Kier alpha value is -3.66. The Morgan fingerprint density at radius 3 is 1.27 bits per heavy atom. The van der Waals surface area contributed by atoms with Crippen molar-refractivity contribution in [3.63, 3.8) is 0 Å². The lowest BCUT2D eigenvalue weighted by molar-refractivity contribution is 0.627. The maximum absolute atomic E-state index is 6.03. The number of anilines is 2. The second-order valence-corrected chi connectivity index (χ2v) is 6.39. The van der Waals surface area contributed by atoms with E-state index in [1.807, 2.05) is 72.8 Å². The summed E-state index contributed by atoms with van der Waals surface area (Å²) >= 11 is 0. The molecule has 0 saturated heterocycles. The summed E-state index contributed by atoms with van der Waals surface area (Å²) in [5.41, 5.74) is 16.6. The third-order valence-corrected chi connectivity index (χ3v) is 4.55. The summed E-state index contributed by atoms with van der Waals surface area (Å²) in [5.74, 6) is 1.62. The molecule has 0 radical (unpaired) electrons. The number of rotatable bonds is 2. The SMILES string of the molecule is Nc1ccc(-c2cc3cc4oc(-c5ccc(N)cc5)cc4cc3o2)cc1. The third kappa shape index (κ3) is 2.40. The highest BCUT2D eigenvalue weighted by atomic mass is 16.3. The van der Waals surface area contributed by atoms with Crippen LogP contribution in [-0.4, -0.2) is 0 Å². The zero-order valence-electron chi connectivity index (χ0n) is 13.9. The molecule has 4 heteroatoms. The van der Waals surface area contributed by atoms with Crippen LogP contribution < -0.4 is 11.5 Å². The van der Waals surface area contributed by atoms with Gasteiger partial charge in [-0.1, -0.05) is 0 Å². The van der Waals surface area contributed by atoms with Crippen molar-refractivity contribution >= 4 is 33.3 Å². The van der Waals surface area contributed by atoms with Crippen molar-refractivity contribution in [1.29, 1.82) is 0 Å². The van der Waals surface area contributed by atoms with Gasteiger partial charge in [0.1, 0.15) is 22.7 Å². The first kappa shape index (κ1) is 14.7. The van der Waals surface area contributed by atoms with Crippen molar-refractivity contribution in [2.45, 2.75) is 0 Å². The molecule has 0 unspecified atom stereocenters. The minimum absolute atomic E-state index is 0.734. The highest BCUT2D eigenvalue weighted by Crippen LogP contribution is 2.34. The van der Waals surface area contributed by atoms with Gasteiger partial charge >= 0.3 is 0 Å². The molecular formula is C22H16N2O2. The molecule has 5 rings (SSSR count). The Balaban J connectivity index is 1.60. The Labute approximate surface area is 149 Å². The summed E-state index contributed by atoms with van der Waals surface area (Å²) in [4.78, 5) is 0. The van der Waals surface area contributed by atoms with Gasteiger partial charge in [0.15, 0.2) is 0 Å². The van der Waals surface area contributed by atoms with Crippen LogP contribution in [0.25, 0.3) is 44.6 Å². The maximum atomic E-state index is 6.03. The number of nitrogen functional groups attached to an aromatic ring is 2. The molecule has 26 heavy (non-hydrogen) atoms. The molecule has 5 aromatic rings. The van der Waals surface area contributed by atoms with Gasteiger partial charge in [0.2, 0.25) is 0 Å². The van der Waals surface area contributed by atoms with Crippen LogP contribution in [0, 0.1) is 0 Å². The quantitative estimate of drug-likeness (QED) is 0.405. The van der Waals surface area contributed by atoms with Crippen molar-refractivity contribution in [3.05, 3.63) is 72.8 Å². The van der Waals surface area contributed by atoms with Crippen LogP contribution in [0.4, 0.5) is 11.4 Å². The van der Waals surface area contributed by atoms with Gasteiger partial charge in [0.05, 0.1) is 0 Å². The van der Waals surface area contributed by atoms with Gasteiger partial charge in [-0.3, -0.25) is 0 Å². The molecule has 0 aliphatic carbocycles. The van der Waals surface area contributed by atoms with E-state index < -0.39 is 0 Å². The topological polar surface area (TPSA) is 78.3 Å². The van der Waals surface area contributed by atoms with Crippen molar-refractivity contribution in [3.8, 4) is 22.6 Å². The van der Waals surface area contributed by atoms with E-state index in [0.29, 0.717) is 0 Å². The van der Waals surface area contributed by atoms with E-state index in [1.165, 1.54) is 0 Å². The average molecular weight is 340 g/mol. The van der Waals surface area contributed by atoms with Crippen molar-refractivity contribution < 1.29 is 8.83 Å². The Bertz CT molecular complexity index is 1080. The standard InChI is InChI=1S/C22H16N2O2/c23-17-5-1-13(2-6-17)19-9-15-11-22-16(12-21(15)25-19)10-20(26-22)14-3-7-18(24)8-4-14/h1-12H,23-24H2. The number of hydrogen-bond donors (Lipinski definition) is 2. The molecule has 0 bridgehead atoms. The summed E-state index contributed by atoms with van der Waals surface area (Å²) < 4.78 is 12.1. The number of furan rings is 2. The average Bonchev–Trinajstić information content (AvgIpc) is 3.23. The van der Waals surface area contributed by atoms with Crippen LogP contribution in [0.2, 0.25) is 0 Å². The molecule has 0 spiro atoms. The van der Waals surface area contributed by atoms with Crippen LogP contribution in [0.3, 0.4) is 0 Å². The first-order valence-electron chi connectivity index (χ1n) is 8.35. The van der Waals surface area contributed by atoms with Crippen LogP contribution >= 0.6 is 0 Å². The molecule has 2 heterocycles. The molecule has 0 amide bonds. The molecule has 0 fully saturated rings. The predicted molar refractivity (Wildman–Crippen MR) is 106 cm³/mol. The number of hydrogen-bond acceptors (Lipinski definition) is 4. The van der Waals surface area contributed by atoms with E-state index >= 15 is 0 Å². The molecule has 0 aliphatic rings.